The Morgan fingerprint density at radius 1 is 0.800 bits per heavy atom. The third-order valence-electron chi connectivity index (χ3n) is 4.92. The minimum absolute atomic E-state index is 0.772. The van der Waals surface area contributed by atoms with Crippen molar-refractivity contribution in [2.45, 2.75) is 6.92 Å². The summed E-state index contributed by atoms with van der Waals surface area (Å²) >= 11 is 0. The van der Waals surface area contributed by atoms with Crippen LogP contribution in [0.15, 0.2) is 36.5 Å². The number of benzene rings is 1. The Bertz CT molecular complexity index is 691. The lowest BCUT2D eigenvalue weighted by Crippen LogP contribution is -2.47. The molecule has 6 nitrogen and oxygen atoms in total. The lowest BCUT2D eigenvalue weighted by molar-refractivity contribution is 0.122. The minimum atomic E-state index is 0.772. The van der Waals surface area contributed by atoms with Crippen LogP contribution >= 0.6 is 0 Å². The van der Waals surface area contributed by atoms with Crippen LogP contribution in [-0.4, -0.2) is 62.5 Å². The zero-order valence-corrected chi connectivity index (χ0v) is 14.8. The molecule has 0 amide bonds. The molecule has 3 heterocycles. The van der Waals surface area contributed by atoms with Crippen LogP contribution in [0.25, 0.3) is 0 Å². The first kappa shape index (κ1) is 16.1. The molecule has 0 N–H and O–H groups in total. The highest BCUT2D eigenvalue weighted by molar-refractivity contribution is 5.50. The summed E-state index contributed by atoms with van der Waals surface area (Å²) in [4.78, 5) is 16.3. The van der Waals surface area contributed by atoms with Gasteiger partial charge in [-0.2, -0.15) is 4.98 Å². The van der Waals surface area contributed by atoms with Crippen molar-refractivity contribution < 1.29 is 4.74 Å². The topological polar surface area (TPSA) is 44.7 Å². The second kappa shape index (κ2) is 7.27. The predicted octanol–water partition coefficient (Wildman–Crippen LogP) is 1.95. The summed E-state index contributed by atoms with van der Waals surface area (Å²) in [6.45, 7) is 9.35. The molecule has 2 aromatic rings. The third kappa shape index (κ3) is 3.69. The number of aromatic nitrogens is 2. The first-order chi connectivity index (χ1) is 12.3. The van der Waals surface area contributed by atoms with Crippen molar-refractivity contribution in [3.8, 4) is 0 Å². The standard InChI is InChI=1S/C19H25N5O/c1-16-2-4-17(5-3-16)22-8-10-24(11-9-22)19-20-7-6-18(21-19)23-12-14-25-15-13-23/h2-7H,8-15H2,1H3. The number of rotatable bonds is 3. The summed E-state index contributed by atoms with van der Waals surface area (Å²) in [7, 11) is 0. The number of piperazine rings is 1. The normalized spacial score (nSPS) is 18.5. The average Bonchev–Trinajstić information content (AvgIpc) is 2.70. The first-order valence-electron chi connectivity index (χ1n) is 9.02. The minimum Gasteiger partial charge on any atom is -0.378 e. The van der Waals surface area contributed by atoms with Gasteiger partial charge in [0.15, 0.2) is 0 Å². The molecule has 0 spiro atoms. The van der Waals surface area contributed by atoms with E-state index in [1.165, 1.54) is 11.3 Å². The Labute approximate surface area is 149 Å². The second-order valence-corrected chi connectivity index (χ2v) is 6.62. The van der Waals surface area contributed by atoms with Crippen molar-refractivity contribution in [1.29, 1.82) is 0 Å². The van der Waals surface area contributed by atoms with Crippen LogP contribution in [0, 0.1) is 6.92 Å². The monoisotopic (exact) mass is 339 g/mol. The summed E-state index contributed by atoms with van der Waals surface area (Å²) in [5.74, 6) is 1.85. The van der Waals surface area contributed by atoms with Gasteiger partial charge in [0.2, 0.25) is 5.95 Å². The molecule has 132 valence electrons. The Hall–Kier alpha value is -2.34. The van der Waals surface area contributed by atoms with Crippen LogP contribution in [0.1, 0.15) is 5.56 Å². The highest BCUT2D eigenvalue weighted by atomic mass is 16.5. The van der Waals surface area contributed by atoms with E-state index in [9.17, 15) is 0 Å². The lowest BCUT2D eigenvalue weighted by atomic mass is 10.2. The number of hydrogen-bond donors (Lipinski definition) is 0. The van der Waals surface area contributed by atoms with E-state index in [1.54, 1.807) is 0 Å². The van der Waals surface area contributed by atoms with Crippen LogP contribution in [-0.2, 0) is 4.74 Å². The molecule has 0 radical (unpaired) electrons. The molecule has 0 atom stereocenters. The highest BCUT2D eigenvalue weighted by Crippen LogP contribution is 2.20. The van der Waals surface area contributed by atoms with Crippen molar-refractivity contribution in [2.75, 3.05) is 67.2 Å². The van der Waals surface area contributed by atoms with Gasteiger partial charge in [0, 0.05) is 51.2 Å². The molecule has 0 unspecified atom stereocenters. The molecular weight excluding hydrogens is 314 g/mol. The number of aryl methyl sites for hydroxylation is 1. The highest BCUT2D eigenvalue weighted by Gasteiger charge is 2.20. The Kier molecular flexibility index (Phi) is 4.70. The zero-order chi connectivity index (χ0) is 17.1. The summed E-state index contributed by atoms with van der Waals surface area (Å²) < 4.78 is 5.43. The number of nitrogens with zero attached hydrogens (tertiary/aromatic N) is 5. The number of ether oxygens (including phenoxy) is 1. The van der Waals surface area contributed by atoms with Crippen LogP contribution < -0.4 is 14.7 Å². The molecule has 1 aromatic heterocycles. The maximum atomic E-state index is 5.43. The van der Waals surface area contributed by atoms with Crippen LogP contribution in [0.4, 0.5) is 17.5 Å². The predicted molar refractivity (Wildman–Crippen MR) is 101 cm³/mol. The van der Waals surface area contributed by atoms with Gasteiger partial charge >= 0.3 is 0 Å². The molecule has 0 saturated carbocycles. The fraction of sp³-hybridized carbons (Fsp3) is 0.474. The fourth-order valence-electron chi connectivity index (χ4n) is 3.38. The van der Waals surface area contributed by atoms with Gasteiger partial charge in [-0.3, -0.25) is 0 Å². The van der Waals surface area contributed by atoms with Crippen molar-refractivity contribution in [1.82, 2.24) is 9.97 Å². The molecule has 25 heavy (non-hydrogen) atoms. The SMILES string of the molecule is Cc1ccc(N2CCN(c3nccc(N4CCOCC4)n3)CC2)cc1. The van der Waals surface area contributed by atoms with E-state index in [0.29, 0.717) is 0 Å². The zero-order valence-electron chi connectivity index (χ0n) is 14.8. The average molecular weight is 339 g/mol. The summed E-state index contributed by atoms with van der Waals surface area (Å²) in [5, 5.41) is 0. The largest absolute Gasteiger partial charge is 0.378 e. The number of anilines is 3. The summed E-state index contributed by atoms with van der Waals surface area (Å²) in [6.07, 6.45) is 1.87. The Morgan fingerprint density at radius 2 is 1.48 bits per heavy atom. The van der Waals surface area contributed by atoms with Gasteiger partial charge in [-0.05, 0) is 25.1 Å². The van der Waals surface area contributed by atoms with Crippen LogP contribution in [0.2, 0.25) is 0 Å². The molecule has 6 heteroatoms. The van der Waals surface area contributed by atoms with E-state index >= 15 is 0 Å². The van der Waals surface area contributed by atoms with Crippen molar-refractivity contribution in [2.24, 2.45) is 0 Å². The van der Waals surface area contributed by atoms with E-state index in [-0.39, 0.29) is 0 Å². The lowest BCUT2D eigenvalue weighted by Gasteiger charge is -2.36. The van der Waals surface area contributed by atoms with Crippen LogP contribution in [0.5, 0.6) is 0 Å². The van der Waals surface area contributed by atoms with E-state index in [2.05, 4.69) is 50.9 Å². The molecular formula is C19H25N5O. The Balaban J connectivity index is 1.41. The van der Waals surface area contributed by atoms with E-state index in [0.717, 1.165) is 64.2 Å². The van der Waals surface area contributed by atoms with Gasteiger partial charge in [0.1, 0.15) is 5.82 Å². The molecule has 0 bridgehead atoms. The van der Waals surface area contributed by atoms with Crippen LogP contribution in [0.3, 0.4) is 0 Å². The molecule has 2 fully saturated rings. The second-order valence-electron chi connectivity index (χ2n) is 6.62. The molecule has 4 rings (SSSR count). The van der Waals surface area contributed by atoms with Crippen molar-refractivity contribution in [3.05, 3.63) is 42.1 Å². The smallest absolute Gasteiger partial charge is 0.227 e. The number of morpholine rings is 1. The Morgan fingerprint density at radius 3 is 2.20 bits per heavy atom. The van der Waals surface area contributed by atoms with E-state index < -0.39 is 0 Å². The van der Waals surface area contributed by atoms with Gasteiger partial charge in [0.25, 0.3) is 0 Å². The molecule has 1 aromatic carbocycles. The van der Waals surface area contributed by atoms with Gasteiger partial charge in [-0.15, -0.1) is 0 Å². The summed E-state index contributed by atoms with van der Waals surface area (Å²) in [6, 6.07) is 10.8. The van der Waals surface area contributed by atoms with Crippen molar-refractivity contribution in [3.63, 3.8) is 0 Å². The van der Waals surface area contributed by atoms with Gasteiger partial charge in [-0.1, -0.05) is 17.7 Å². The van der Waals surface area contributed by atoms with Crippen molar-refractivity contribution >= 4 is 17.5 Å². The summed E-state index contributed by atoms with van der Waals surface area (Å²) in [5.41, 5.74) is 2.60. The van der Waals surface area contributed by atoms with Gasteiger partial charge in [0.05, 0.1) is 13.2 Å². The molecule has 2 aliphatic rings. The number of hydrogen-bond acceptors (Lipinski definition) is 6. The maximum absolute atomic E-state index is 5.43. The van der Waals surface area contributed by atoms with E-state index in [1.807, 2.05) is 12.3 Å². The van der Waals surface area contributed by atoms with Gasteiger partial charge in [-0.25, -0.2) is 4.98 Å². The maximum Gasteiger partial charge on any atom is 0.227 e. The molecule has 2 aliphatic heterocycles. The van der Waals surface area contributed by atoms with Gasteiger partial charge < -0.3 is 19.4 Å². The third-order valence-corrected chi connectivity index (χ3v) is 4.92. The molecule has 0 aliphatic carbocycles. The molecule has 2 saturated heterocycles. The van der Waals surface area contributed by atoms with E-state index in [4.69, 9.17) is 9.72 Å². The quantitative estimate of drug-likeness (QED) is 0.852. The fourth-order valence-corrected chi connectivity index (χ4v) is 3.38. The first-order valence-corrected chi connectivity index (χ1v) is 9.02.